The quantitative estimate of drug-likeness (QED) is 0.526. The van der Waals surface area contributed by atoms with E-state index in [9.17, 15) is 0 Å². The molecule has 62 valence electrons. The van der Waals surface area contributed by atoms with Crippen molar-refractivity contribution in [2.75, 3.05) is 11.1 Å². The lowest BCUT2D eigenvalue weighted by Gasteiger charge is -2.07. The fraction of sp³-hybridized carbons (Fsp3) is 0. The maximum atomic E-state index is 5.69. The first-order chi connectivity index (χ1) is 5.74. The van der Waals surface area contributed by atoms with E-state index in [4.69, 9.17) is 5.73 Å². The van der Waals surface area contributed by atoms with E-state index in [1.807, 2.05) is 24.3 Å². The highest BCUT2D eigenvalue weighted by Crippen LogP contribution is 2.18. The van der Waals surface area contributed by atoms with Gasteiger partial charge in [0, 0.05) is 5.70 Å². The topological polar surface area (TPSA) is 38.0 Å². The van der Waals surface area contributed by atoms with Crippen molar-refractivity contribution in [1.82, 2.24) is 0 Å². The van der Waals surface area contributed by atoms with Gasteiger partial charge in [-0.15, -0.1) is 0 Å². The molecule has 0 atom stereocenters. The molecule has 0 aliphatic carbocycles. The molecule has 0 bridgehead atoms. The summed E-state index contributed by atoms with van der Waals surface area (Å²) in [6, 6.07) is 7.52. The van der Waals surface area contributed by atoms with E-state index >= 15 is 0 Å². The van der Waals surface area contributed by atoms with Crippen LogP contribution >= 0.6 is 0 Å². The predicted octanol–water partition coefficient (Wildman–Crippen LogP) is 2.38. The van der Waals surface area contributed by atoms with Crippen LogP contribution in [0.5, 0.6) is 0 Å². The minimum absolute atomic E-state index is 0.709. The summed E-state index contributed by atoms with van der Waals surface area (Å²) in [6.07, 6.45) is 1.65. The van der Waals surface area contributed by atoms with E-state index in [0.29, 0.717) is 5.69 Å². The zero-order valence-corrected chi connectivity index (χ0v) is 6.88. The summed E-state index contributed by atoms with van der Waals surface area (Å²) in [5.41, 5.74) is 8.00. The van der Waals surface area contributed by atoms with E-state index in [-0.39, 0.29) is 0 Å². The van der Waals surface area contributed by atoms with Crippen molar-refractivity contribution in [2.24, 2.45) is 0 Å². The molecule has 0 aromatic heterocycles. The van der Waals surface area contributed by atoms with Gasteiger partial charge in [-0.25, -0.2) is 0 Å². The second kappa shape index (κ2) is 3.62. The molecule has 0 aliphatic heterocycles. The van der Waals surface area contributed by atoms with Crippen LogP contribution in [0.15, 0.2) is 49.2 Å². The Hall–Kier alpha value is -1.70. The van der Waals surface area contributed by atoms with E-state index < -0.39 is 0 Å². The zero-order valence-electron chi connectivity index (χ0n) is 6.88. The Morgan fingerprint density at radius 3 is 2.67 bits per heavy atom. The SMILES string of the molecule is C=CC(=C)Nc1ccccc1N. The molecule has 0 saturated heterocycles. The number of hydrogen-bond donors (Lipinski definition) is 2. The molecule has 0 unspecified atom stereocenters. The first-order valence-electron chi connectivity index (χ1n) is 3.67. The number of nitrogens with one attached hydrogen (secondary N) is 1. The van der Waals surface area contributed by atoms with Crippen LogP contribution in [-0.2, 0) is 0 Å². The molecule has 0 fully saturated rings. The molecular formula is C10H12N2. The van der Waals surface area contributed by atoms with E-state index in [0.717, 1.165) is 11.4 Å². The Kier molecular flexibility index (Phi) is 2.53. The standard InChI is InChI=1S/C10H12N2/c1-3-8(2)12-10-7-5-4-6-9(10)11/h3-7,12H,1-2,11H2. The van der Waals surface area contributed by atoms with Gasteiger partial charge in [0.2, 0.25) is 0 Å². The highest BCUT2D eigenvalue weighted by Gasteiger charge is 1.95. The molecule has 1 aromatic rings. The summed E-state index contributed by atoms with van der Waals surface area (Å²) in [4.78, 5) is 0. The molecule has 0 spiro atoms. The number of para-hydroxylation sites is 2. The van der Waals surface area contributed by atoms with Gasteiger partial charge in [-0.2, -0.15) is 0 Å². The molecule has 0 aliphatic rings. The first-order valence-corrected chi connectivity index (χ1v) is 3.67. The summed E-state index contributed by atoms with van der Waals surface area (Å²) in [6.45, 7) is 7.31. The fourth-order valence-electron chi connectivity index (χ4n) is 0.835. The number of hydrogen-bond acceptors (Lipinski definition) is 2. The smallest absolute Gasteiger partial charge is 0.0617 e. The van der Waals surface area contributed by atoms with Gasteiger partial charge in [-0.05, 0) is 18.2 Å². The highest BCUT2D eigenvalue weighted by molar-refractivity contribution is 5.68. The Morgan fingerprint density at radius 1 is 1.42 bits per heavy atom. The lowest BCUT2D eigenvalue weighted by atomic mass is 10.2. The third-order valence-corrected chi connectivity index (χ3v) is 1.50. The fourth-order valence-corrected chi connectivity index (χ4v) is 0.835. The van der Waals surface area contributed by atoms with Gasteiger partial charge in [-0.3, -0.25) is 0 Å². The van der Waals surface area contributed by atoms with Crippen LogP contribution in [0.3, 0.4) is 0 Å². The monoisotopic (exact) mass is 160 g/mol. The zero-order chi connectivity index (χ0) is 8.97. The van der Waals surface area contributed by atoms with Gasteiger partial charge < -0.3 is 11.1 Å². The minimum atomic E-state index is 0.709. The van der Waals surface area contributed by atoms with Crippen LogP contribution in [0.2, 0.25) is 0 Å². The second-order valence-electron chi connectivity index (χ2n) is 2.44. The van der Waals surface area contributed by atoms with Gasteiger partial charge >= 0.3 is 0 Å². The van der Waals surface area contributed by atoms with Gasteiger partial charge in [0.25, 0.3) is 0 Å². The van der Waals surface area contributed by atoms with Crippen molar-refractivity contribution in [3.05, 3.63) is 49.2 Å². The Bertz CT molecular complexity index is 302. The molecule has 2 nitrogen and oxygen atoms in total. The molecule has 0 heterocycles. The van der Waals surface area contributed by atoms with Crippen LogP contribution in [0.1, 0.15) is 0 Å². The van der Waals surface area contributed by atoms with Crippen LogP contribution in [-0.4, -0.2) is 0 Å². The minimum Gasteiger partial charge on any atom is -0.397 e. The van der Waals surface area contributed by atoms with Crippen molar-refractivity contribution < 1.29 is 0 Å². The summed E-state index contributed by atoms with van der Waals surface area (Å²) in [7, 11) is 0. The summed E-state index contributed by atoms with van der Waals surface area (Å²) in [5, 5.41) is 3.02. The van der Waals surface area contributed by atoms with Crippen LogP contribution in [0.4, 0.5) is 11.4 Å². The summed E-state index contributed by atoms with van der Waals surface area (Å²) < 4.78 is 0. The van der Waals surface area contributed by atoms with Gasteiger partial charge in [0.05, 0.1) is 11.4 Å². The van der Waals surface area contributed by atoms with Crippen LogP contribution in [0, 0.1) is 0 Å². The van der Waals surface area contributed by atoms with Crippen LogP contribution in [0.25, 0.3) is 0 Å². The summed E-state index contributed by atoms with van der Waals surface area (Å²) in [5.74, 6) is 0. The second-order valence-corrected chi connectivity index (χ2v) is 2.44. The lowest BCUT2D eigenvalue weighted by molar-refractivity contribution is 1.50. The molecule has 3 N–H and O–H groups in total. The largest absolute Gasteiger partial charge is 0.397 e. The third-order valence-electron chi connectivity index (χ3n) is 1.50. The van der Waals surface area contributed by atoms with E-state index in [1.165, 1.54) is 0 Å². The molecule has 12 heavy (non-hydrogen) atoms. The number of benzene rings is 1. The van der Waals surface area contributed by atoms with Gasteiger partial charge in [-0.1, -0.05) is 25.3 Å². The normalized spacial score (nSPS) is 9.00. The van der Waals surface area contributed by atoms with Crippen molar-refractivity contribution in [2.45, 2.75) is 0 Å². The molecule has 0 amide bonds. The van der Waals surface area contributed by atoms with Gasteiger partial charge in [0.1, 0.15) is 0 Å². The lowest BCUT2D eigenvalue weighted by Crippen LogP contribution is -1.98. The van der Waals surface area contributed by atoms with Crippen LogP contribution < -0.4 is 11.1 Å². The Morgan fingerprint density at radius 2 is 2.08 bits per heavy atom. The molecule has 0 radical (unpaired) electrons. The average molecular weight is 160 g/mol. The average Bonchev–Trinajstić information content (AvgIpc) is 2.09. The molecule has 1 aromatic carbocycles. The van der Waals surface area contributed by atoms with E-state index in [2.05, 4.69) is 18.5 Å². The van der Waals surface area contributed by atoms with E-state index in [1.54, 1.807) is 6.08 Å². The molecule has 1 rings (SSSR count). The first kappa shape index (κ1) is 8.40. The van der Waals surface area contributed by atoms with Crippen molar-refractivity contribution >= 4 is 11.4 Å². The highest BCUT2D eigenvalue weighted by atomic mass is 14.9. The number of allylic oxidation sites excluding steroid dienone is 1. The number of anilines is 2. The van der Waals surface area contributed by atoms with Crippen molar-refractivity contribution in [3.63, 3.8) is 0 Å². The Labute approximate surface area is 72.4 Å². The molecular weight excluding hydrogens is 148 g/mol. The predicted molar refractivity (Wildman–Crippen MR) is 53.8 cm³/mol. The number of nitrogen functional groups attached to an aromatic ring is 1. The summed E-state index contributed by atoms with van der Waals surface area (Å²) >= 11 is 0. The maximum absolute atomic E-state index is 5.69. The molecule has 0 saturated carbocycles. The van der Waals surface area contributed by atoms with Crippen molar-refractivity contribution in [1.29, 1.82) is 0 Å². The van der Waals surface area contributed by atoms with Gasteiger partial charge in [0.15, 0.2) is 0 Å². The number of nitrogens with two attached hydrogens (primary N) is 1. The number of rotatable bonds is 3. The third kappa shape index (κ3) is 1.89. The Balaban J connectivity index is 2.82. The maximum Gasteiger partial charge on any atom is 0.0617 e. The molecule has 2 heteroatoms. The van der Waals surface area contributed by atoms with Crippen molar-refractivity contribution in [3.8, 4) is 0 Å².